The molecule has 1 aliphatic rings. The van der Waals surface area contributed by atoms with Crippen LogP contribution in [0.15, 0.2) is 36.5 Å². The molecule has 0 spiro atoms. The highest BCUT2D eigenvalue weighted by Gasteiger charge is 2.26. The van der Waals surface area contributed by atoms with Crippen molar-refractivity contribution in [3.05, 3.63) is 53.3 Å². The number of fused-ring (bicyclic) bond motifs is 1. The van der Waals surface area contributed by atoms with Crippen LogP contribution in [0.3, 0.4) is 0 Å². The molecule has 2 unspecified atom stereocenters. The zero-order valence-corrected chi connectivity index (χ0v) is 10.7. The summed E-state index contributed by atoms with van der Waals surface area (Å²) in [6, 6.07) is 10.8. The Kier molecular flexibility index (Phi) is 2.92. The van der Waals surface area contributed by atoms with E-state index in [2.05, 4.69) is 35.4 Å². The fourth-order valence-electron chi connectivity index (χ4n) is 2.93. The minimum Gasteiger partial charge on any atom is -0.324 e. The SMILES string of the molecule is Cn1ccc(CC2CCc3ccccc3C2N)n1. The summed E-state index contributed by atoms with van der Waals surface area (Å²) in [7, 11) is 1.96. The zero-order valence-electron chi connectivity index (χ0n) is 10.7. The van der Waals surface area contributed by atoms with Gasteiger partial charge in [0.05, 0.1) is 5.69 Å². The van der Waals surface area contributed by atoms with Crippen LogP contribution in [0.1, 0.15) is 29.3 Å². The number of hydrogen-bond acceptors (Lipinski definition) is 2. The number of aryl methyl sites for hydroxylation is 2. The van der Waals surface area contributed by atoms with Crippen LogP contribution in [0.25, 0.3) is 0 Å². The number of benzene rings is 1. The maximum atomic E-state index is 6.41. The Bertz CT molecular complexity index is 544. The molecule has 2 aromatic rings. The molecule has 94 valence electrons. The summed E-state index contributed by atoms with van der Waals surface area (Å²) in [5, 5.41) is 4.46. The van der Waals surface area contributed by atoms with Gasteiger partial charge in [-0.2, -0.15) is 5.10 Å². The van der Waals surface area contributed by atoms with Gasteiger partial charge in [-0.05, 0) is 42.4 Å². The van der Waals surface area contributed by atoms with E-state index in [-0.39, 0.29) is 6.04 Å². The van der Waals surface area contributed by atoms with E-state index in [1.165, 1.54) is 11.1 Å². The number of hydrogen-bond donors (Lipinski definition) is 1. The minimum absolute atomic E-state index is 0.150. The van der Waals surface area contributed by atoms with Crippen molar-refractivity contribution < 1.29 is 0 Å². The van der Waals surface area contributed by atoms with E-state index in [1.54, 1.807) is 0 Å². The standard InChI is InChI=1S/C15H19N3/c1-18-9-8-13(17-18)10-12-7-6-11-4-2-3-5-14(11)15(12)16/h2-5,8-9,12,15H,6-7,10,16H2,1H3. The molecular formula is C15H19N3. The number of nitrogens with two attached hydrogens (primary N) is 1. The van der Waals surface area contributed by atoms with Crippen LogP contribution >= 0.6 is 0 Å². The second kappa shape index (κ2) is 4.58. The molecule has 18 heavy (non-hydrogen) atoms. The van der Waals surface area contributed by atoms with Gasteiger partial charge in [-0.1, -0.05) is 24.3 Å². The van der Waals surface area contributed by atoms with Gasteiger partial charge in [-0.25, -0.2) is 0 Å². The first-order valence-corrected chi connectivity index (χ1v) is 6.56. The van der Waals surface area contributed by atoms with E-state index in [4.69, 9.17) is 5.73 Å². The Hall–Kier alpha value is -1.61. The monoisotopic (exact) mass is 241 g/mol. The lowest BCUT2D eigenvalue weighted by atomic mass is 9.78. The van der Waals surface area contributed by atoms with E-state index >= 15 is 0 Å². The van der Waals surface area contributed by atoms with Crippen molar-refractivity contribution >= 4 is 0 Å². The Morgan fingerprint density at radius 2 is 2.17 bits per heavy atom. The Morgan fingerprint density at radius 1 is 1.33 bits per heavy atom. The molecule has 3 heteroatoms. The number of rotatable bonds is 2. The number of nitrogens with zero attached hydrogens (tertiary/aromatic N) is 2. The predicted molar refractivity (Wildman–Crippen MR) is 72.1 cm³/mol. The lowest BCUT2D eigenvalue weighted by Crippen LogP contribution is -2.28. The van der Waals surface area contributed by atoms with Crippen LogP contribution in [0.5, 0.6) is 0 Å². The second-order valence-corrected chi connectivity index (χ2v) is 5.21. The Balaban J connectivity index is 1.80. The first kappa shape index (κ1) is 11.5. The summed E-state index contributed by atoms with van der Waals surface area (Å²) in [5.74, 6) is 0.509. The molecule has 2 N–H and O–H groups in total. The Labute approximate surface area is 108 Å². The summed E-state index contributed by atoms with van der Waals surface area (Å²) in [6.07, 6.45) is 5.28. The zero-order chi connectivity index (χ0) is 12.5. The third-order valence-electron chi connectivity index (χ3n) is 3.95. The fraction of sp³-hybridized carbons (Fsp3) is 0.400. The average Bonchev–Trinajstić information content (AvgIpc) is 2.79. The molecule has 2 atom stereocenters. The fourth-order valence-corrected chi connectivity index (χ4v) is 2.93. The van der Waals surface area contributed by atoms with Gasteiger partial charge in [0, 0.05) is 19.3 Å². The predicted octanol–water partition coefficient (Wildman–Crippen LogP) is 2.23. The molecule has 1 heterocycles. The van der Waals surface area contributed by atoms with Gasteiger partial charge in [0.2, 0.25) is 0 Å². The highest BCUT2D eigenvalue weighted by molar-refractivity contribution is 5.33. The molecule has 3 nitrogen and oxygen atoms in total. The third-order valence-corrected chi connectivity index (χ3v) is 3.95. The highest BCUT2D eigenvalue weighted by atomic mass is 15.2. The average molecular weight is 241 g/mol. The summed E-state index contributed by atoms with van der Waals surface area (Å²) >= 11 is 0. The van der Waals surface area contributed by atoms with Crippen molar-refractivity contribution in [2.45, 2.75) is 25.3 Å². The summed E-state index contributed by atoms with van der Waals surface area (Å²) < 4.78 is 1.86. The molecule has 3 rings (SSSR count). The highest BCUT2D eigenvalue weighted by Crippen LogP contribution is 2.34. The first-order valence-electron chi connectivity index (χ1n) is 6.56. The van der Waals surface area contributed by atoms with Gasteiger partial charge in [0.25, 0.3) is 0 Å². The van der Waals surface area contributed by atoms with Crippen LogP contribution in [-0.4, -0.2) is 9.78 Å². The molecule has 0 amide bonds. The molecule has 1 aromatic carbocycles. The molecule has 1 aromatic heterocycles. The van der Waals surface area contributed by atoms with Gasteiger partial charge >= 0.3 is 0 Å². The molecular weight excluding hydrogens is 222 g/mol. The largest absolute Gasteiger partial charge is 0.324 e. The molecule has 1 aliphatic carbocycles. The van der Waals surface area contributed by atoms with Gasteiger partial charge in [-0.3, -0.25) is 4.68 Å². The minimum atomic E-state index is 0.150. The normalized spacial score (nSPS) is 22.8. The van der Waals surface area contributed by atoms with Crippen LogP contribution in [0.4, 0.5) is 0 Å². The lowest BCUT2D eigenvalue weighted by molar-refractivity contribution is 0.372. The topological polar surface area (TPSA) is 43.8 Å². The molecule has 0 bridgehead atoms. The van der Waals surface area contributed by atoms with Crippen molar-refractivity contribution in [2.75, 3.05) is 0 Å². The van der Waals surface area contributed by atoms with E-state index in [0.29, 0.717) is 5.92 Å². The Morgan fingerprint density at radius 3 is 2.94 bits per heavy atom. The molecule has 0 fully saturated rings. The van der Waals surface area contributed by atoms with Crippen molar-refractivity contribution in [1.82, 2.24) is 9.78 Å². The van der Waals surface area contributed by atoms with E-state index in [9.17, 15) is 0 Å². The van der Waals surface area contributed by atoms with Gasteiger partial charge in [-0.15, -0.1) is 0 Å². The van der Waals surface area contributed by atoms with Crippen LogP contribution in [0.2, 0.25) is 0 Å². The van der Waals surface area contributed by atoms with Crippen LogP contribution < -0.4 is 5.73 Å². The van der Waals surface area contributed by atoms with Crippen molar-refractivity contribution in [3.63, 3.8) is 0 Å². The maximum absolute atomic E-state index is 6.41. The van der Waals surface area contributed by atoms with E-state index in [0.717, 1.165) is 25.0 Å². The molecule has 0 aliphatic heterocycles. The van der Waals surface area contributed by atoms with Crippen molar-refractivity contribution in [2.24, 2.45) is 18.7 Å². The van der Waals surface area contributed by atoms with Crippen LogP contribution in [-0.2, 0) is 19.9 Å². The van der Waals surface area contributed by atoms with Crippen molar-refractivity contribution in [3.8, 4) is 0 Å². The van der Waals surface area contributed by atoms with Gasteiger partial charge < -0.3 is 5.73 Å². The number of aromatic nitrogens is 2. The third kappa shape index (κ3) is 2.06. The molecule has 0 saturated heterocycles. The summed E-state index contributed by atoms with van der Waals surface area (Å²) in [5.41, 5.74) is 10.3. The maximum Gasteiger partial charge on any atom is 0.0627 e. The smallest absolute Gasteiger partial charge is 0.0627 e. The van der Waals surface area contributed by atoms with E-state index < -0.39 is 0 Å². The van der Waals surface area contributed by atoms with E-state index in [1.807, 2.05) is 17.9 Å². The van der Waals surface area contributed by atoms with Gasteiger partial charge in [0.1, 0.15) is 0 Å². The quantitative estimate of drug-likeness (QED) is 0.876. The summed E-state index contributed by atoms with van der Waals surface area (Å²) in [6.45, 7) is 0. The first-order chi connectivity index (χ1) is 8.74. The molecule has 0 radical (unpaired) electrons. The van der Waals surface area contributed by atoms with Crippen molar-refractivity contribution in [1.29, 1.82) is 0 Å². The summed E-state index contributed by atoms with van der Waals surface area (Å²) in [4.78, 5) is 0. The lowest BCUT2D eigenvalue weighted by Gasteiger charge is -2.30. The van der Waals surface area contributed by atoms with Gasteiger partial charge in [0.15, 0.2) is 0 Å². The molecule has 0 saturated carbocycles. The second-order valence-electron chi connectivity index (χ2n) is 5.21. The van der Waals surface area contributed by atoms with Crippen LogP contribution in [0, 0.1) is 5.92 Å².